The van der Waals surface area contributed by atoms with E-state index in [1.54, 1.807) is 72.7 Å². The minimum absolute atomic E-state index is 0.00793. The van der Waals surface area contributed by atoms with Gasteiger partial charge in [-0.2, -0.15) is 0 Å². The fourth-order valence-corrected chi connectivity index (χ4v) is 4.75. The largest absolute Gasteiger partial charge is 0.530 e. The summed E-state index contributed by atoms with van der Waals surface area (Å²) in [6, 6.07) is 14.8. The lowest BCUT2D eigenvalue weighted by molar-refractivity contribution is -0.275. The number of nitrogens with zero attached hydrogens (tertiary/aromatic N) is 1. The van der Waals surface area contributed by atoms with Gasteiger partial charge in [0.05, 0.1) is 30.4 Å². The number of aliphatic hydroxyl groups is 3. The van der Waals surface area contributed by atoms with E-state index < -0.39 is 53.7 Å². The van der Waals surface area contributed by atoms with Crippen LogP contribution >= 0.6 is 0 Å². The van der Waals surface area contributed by atoms with Gasteiger partial charge in [0, 0.05) is 18.6 Å². The fraction of sp³-hybridized carbons (Fsp3) is 0.576. The first-order valence-electron chi connectivity index (χ1n) is 15.0. The Hall–Kier alpha value is -3.38. The molecule has 0 fully saturated rings. The smallest absolute Gasteiger partial charge is 0.407 e. The number of amides is 2. The number of benzene rings is 2. The highest BCUT2D eigenvalue weighted by atomic mass is 16.6. The van der Waals surface area contributed by atoms with Crippen molar-refractivity contribution < 1.29 is 39.5 Å². The SMILES string of the molecule is CC(O)COc1ccc(C[C@@H](NC(=O)OC(C)(C)C)[C@@H](O)CNC[C@@H](O)[C@H](Cc2ccccc2)N(C(=O)[O-])C(C)(C)C)cc1. The molecule has 2 aromatic carbocycles. The zero-order chi connectivity index (χ0) is 33.1. The van der Waals surface area contributed by atoms with Crippen LogP contribution in [0.15, 0.2) is 54.6 Å². The van der Waals surface area contributed by atoms with Crippen molar-refractivity contribution in [3.8, 4) is 5.75 Å². The second-order valence-electron chi connectivity index (χ2n) is 13.1. The zero-order valence-corrected chi connectivity index (χ0v) is 26.9. The predicted molar refractivity (Wildman–Crippen MR) is 166 cm³/mol. The first kappa shape index (κ1) is 36.8. The summed E-state index contributed by atoms with van der Waals surface area (Å²) < 4.78 is 10.9. The van der Waals surface area contributed by atoms with Crippen molar-refractivity contribution in [2.75, 3.05) is 19.7 Å². The second kappa shape index (κ2) is 16.6. The van der Waals surface area contributed by atoms with E-state index in [1.165, 1.54) is 0 Å². The highest BCUT2D eigenvalue weighted by Gasteiger charge is 2.34. The molecule has 0 aliphatic heterocycles. The molecule has 2 rings (SSSR count). The highest BCUT2D eigenvalue weighted by Crippen LogP contribution is 2.22. The maximum absolute atomic E-state index is 12.6. The van der Waals surface area contributed by atoms with E-state index in [9.17, 15) is 30.0 Å². The van der Waals surface area contributed by atoms with Crippen LogP contribution < -0.4 is 20.5 Å². The molecule has 0 heterocycles. The van der Waals surface area contributed by atoms with E-state index >= 15 is 0 Å². The number of hydrogen-bond acceptors (Lipinski definition) is 9. The van der Waals surface area contributed by atoms with Crippen molar-refractivity contribution >= 4 is 12.2 Å². The van der Waals surface area contributed by atoms with Gasteiger partial charge in [0.1, 0.15) is 24.1 Å². The van der Waals surface area contributed by atoms with Crippen LogP contribution in [0.3, 0.4) is 0 Å². The lowest BCUT2D eigenvalue weighted by Gasteiger charge is -2.45. The molecular formula is C33H50N3O8-. The first-order valence-corrected chi connectivity index (χ1v) is 15.0. The summed E-state index contributed by atoms with van der Waals surface area (Å²) in [5.74, 6) is 0.577. The zero-order valence-electron chi connectivity index (χ0n) is 26.9. The Morgan fingerprint density at radius 1 is 0.864 bits per heavy atom. The van der Waals surface area contributed by atoms with Crippen LogP contribution in [0, 0.1) is 0 Å². The van der Waals surface area contributed by atoms with Crippen LogP contribution in [0.25, 0.3) is 0 Å². The van der Waals surface area contributed by atoms with Crippen LogP contribution in [-0.4, -0.2) is 93.6 Å². The minimum Gasteiger partial charge on any atom is -0.530 e. The molecule has 0 saturated heterocycles. The van der Waals surface area contributed by atoms with Gasteiger partial charge in [-0.05, 0) is 84.6 Å². The summed E-state index contributed by atoms with van der Waals surface area (Å²) in [5, 5.41) is 49.8. The third-order valence-corrected chi connectivity index (χ3v) is 6.73. The van der Waals surface area contributed by atoms with Gasteiger partial charge in [-0.15, -0.1) is 0 Å². The van der Waals surface area contributed by atoms with Gasteiger partial charge in [-0.25, -0.2) is 4.79 Å². The molecule has 11 nitrogen and oxygen atoms in total. The molecule has 0 bridgehead atoms. The highest BCUT2D eigenvalue weighted by molar-refractivity contribution is 5.68. The standard InChI is InChI=1S/C33H51N3O8/c1-22(37)21-43-25-15-13-24(14-16-25)17-26(35-30(40)44-33(5,6)7)28(38)19-34-20-29(39)27(18-23-11-9-8-10-12-23)36(31(41)42)32(2,3)4/h8-16,22,26-29,34,37-39H,17-21H2,1-7H3,(H,35,40)(H,41,42)/p-1/t22?,26-,27+,28+,29-/m1/s1. The van der Waals surface area contributed by atoms with Gasteiger partial charge in [0.15, 0.2) is 0 Å². The monoisotopic (exact) mass is 616 g/mol. The van der Waals surface area contributed by atoms with Crippen molar-refractivity contribution in [2.45, 2.75) is 103 Å². The molecule has 44 heavy (non-hydrogen) atoms. The van der Waals surface area contributed by atoms with Gasteiger partial charge < -0.3 is 50.2 Å². The maximum Gasteiger partial charge on any atom is 0.407 e. The van der Waals surface area contributed by atoms with Crippen LogP contribution in [0.4, 0.5) is 9.59 Å². The van der Waals surface area contributed by atoms with Gasteiger partial charge >= 0.3 is 6.09 Å². The summed E-state index contributed by atoms with van der Waals surface area (Å²) in [7, 11) is 0. The van der Waals surface area contributed by atoms with Crippen molar-refractivity contribution in [3.63, 3.8) is 0 Å². The number of carbonyl (C=O) groups excluding carboxylic acids is 2. The molecule has 2 aromatic rings. The number of hydrogen-bond donors (Lipinski definition) is 5. The molecule has 5 N–H and O–H groups in total. The first-order chi connectivity index (χ1) is 20.5. The Morgan fingerprint density at radius 3 is 1.95 bits per heavy atom. The molecule has 0 aliphatic rings. The summed E-state index contributed by atoms with van der Waals surface area (Å²) in [4.78, 5) is 26.0. The number of alkyl carbamates (subject to hydrolysis) is 1. The van der Waals surface area contributed by atoms with E-state index in [0.29, 0.717) is 5.75 Å². The molecule has 0 aromatic heterocycles. The van der Waals surface area contributed by atoms with Crippen molar-refractivity contribution in [2.24, 2.45) is 0 Å². The number of carboxylic acid groups (broad SMARTS) is 1. The second-order valence-corrected chi connectivity index (χ2v) is 13.1. The molecule has 11 heteroatoms. The maximum atomic E-state index is 12.6. The average molecular weight is 617 g/mol. The lowest BCUT2D eigenvalue weighted by atomic mass is 9.94. The molecule has 0 aliphatic carbocycles. The Kier molecular flexibility index (Phi) is 13.9. The molecule has 1 unspecified atom stereocenters. The Bertz CT molecular complexity index is 1150. The van der Waals surface area contributed by atoms with E-state index in [0.717, 1.165) is 16.0 Å². The van der Waals surface area contributed by atoms with Crippen LogP contribution in [0.5, 0.6) is 5.75 Å². The number of aliphatic hydroxyl groups excluding tert-OH is 3. The summed E-state index contributed by atoms with van der Waals surface area (Å²) >= 11 is 0. The normalized spacial score (nSPS) is 15.4. The van der Waals surface area contributed by atoms with Gasteiger partial charge in [-0.3, -0.25) is 0 Å². The van der Waals surface area contributed by atoms with Crippen molar-refractivity contribution in [1.82, 2.24) is 15.5 Å². The van der Waals surface area contributed by atoms with Crippen LogP contribution in [0.2, 0.25) is 0 Å². The molecule has 2 amide bonds. The van der Waals surface area contributed by atoms with Gasteiger partial charge in [0.25, 0.3) is 0 Å². The molecule has 0 saturated carbocycles. The number of nitrogens with one attached hydrogen (secondary N) is 2. The van der Waals surface area contributed by atoms with Crippen molar-refractivity contribution in [3.05, 3.63) is 65.7 Å². The van der Waals surface area contributed by atoms with Crippen LogP contribution in [0.1, 0.15) is 59.6 Å². The minimum atomic E-state index is -1.39. The van der Waals surface area contributed by atoms with Crippen molar-refractivity contribution in [1.29, 1.82) is 0 Å². The average Bonchev–Trinajstić information content (AvgIpc) is 2.90. The summed E-state index contributed by atoms with van der Waals surface area (Å²) in [6.45, 7) is 12.2. The van der Waals surface area contributed by atoms with Crippen LogP contribution in [-0.2, 0) is 17.6 Å². The topological polar surface area (TPSA) is 164 Å². The summed E-state index contributed by atoms with van der Waals surface area (Å²) in [5.41, 5.74) is 0.0949. The van der Waals surface area contributed by atoms with E-state index in [2.05, 4.69) is 10.6 Å². The Labute approximate surface area is 261 Å². The number of rotatable bonds is 15. The number of carbonyl (C=O) groups is 2. The quantitative estimate of drug-likeness (QED) is 0.202. The molecule has 5 atom stereocenters. The van der Waals surface area contributed by atoms with Gasteiger partial charge in [-0.1, -0.05) is 42.5 Å². The van der Waals surface area contributed by atoms with E-state index in [-0.39, 0.29) is 32.5 Å². The molecule has 0 radical (unpaired) electrons. The van der Waals surface area contributed by atoms with E-state index in [4.69, 9.17) is 9.47 Å². The molecular weight excluding hydrogens is 566 g/mol. The predicted octanol–water partition coefficient (Wildman–Crippen LogP) is 2.25. The fourth-order valence-electron chi connectivity index (χ4n) is 4.75. The Balaban J connectivity index is 2.15. The molecule has 246 valence electrons. The van der Waals surface area contributed by atoms with E-state index in [1.807, 2.05) is 30.3 Å². The Morgan fingerprint density at radius 2 is 1.43 bits per heavy atom. The molecule has 0 spiro atoms. The summed E-state index contributed by atoms with van der Waals surface area (Å²) in [6.07, 6.45) is -4.38. The number of ether oxygens (including phenoxy) is 2. The third-order valence-electron chi connectivity index (χ3n) is 6.73. The van der Waals surface area contributed by atoms with Gasteiger partial charge in [0.2, 0.25) is 0 Å². The third kappa shape index (κ3) is 13.1. The lowest BCUT2D eigenvalue weighted by Crippen LogP contribution is -2.62.